The Bertz CT molecular complexity index is 892. The largest absolute Gasteiger partial charge is 0.298 e. The van der Waals surface area contributed by atoms with Gasteiger partial charge in [0.25, 0.3) is 0 Å². The number of rotatable bonds is 6. The zero-order valence-corrected chi connectivity index (χ0v) is 20.4. The van der Waals surface area contributed by atoms with Gasteiger partial charge in [0, 0.05) is 11.8 Å². The number of para-hydroxylation sites is 1. The SMILES string of the molecule is CC(C)c1cccc(C(C)C)c1-c1nc(Cl)cn1-c1c(C(C)C)cccc1C(C)C. The standard InChI is InChI=1S/C27H35ClN2/c1-16(2)20-11-9-12-21(17(3)4)25(20)27-29-24(28)15-30(27)26-22(18(5)6)13-10-14-23(26)19(7)8/h9-19H,1-8H3. The zero-order chi connectivity index (χ0) is 22.2. The van der Waals surface area contributed by atoms with E-state index in [0.717, 1.165) is 5.82 Å². The molecule has 0 N–H and O–H groups in total. The Hall–Kier alpha value is -2.06. The van der Waals surface area contributed by atoms with Crippen LogP contribution in [0.4, 0.5) is 0 Å². The normalized spacial score (nSPS) is 12.0. The molecule has 3 aromatic rings. The quantitative estimate of drug-likeness (QED) is 0.388. The van der Waals surface area contributed by atoms with E-state index in [0.29, 0.717) is 28.8 Å². The highest BCUT2D eigenvalue weighted by atomic mass is 35.5. The van der Waals surface area contributed by atoms with Gasteiger partial charge < -0.3 is 0 Å². The monoisotopic (exact) mass is 422 g/mol. The maximum Gasteiger partial charge on any atom is 0.148 e. The molecule has 0 amide bonds. The summed E-state index contributed by atoms with van der Waals surface area (Å²) < 4.78 is 2.25. The van der Waals surface area contributed by atoms with Gasteiger partial charge in [0.05, 0.1) is 5.69 Å². The van der Waals surface area contributed by atoms with Gasteiger partial charge in [-0.15, -0.1) is 0 Å². The molecule has 1 heterocycles. The van der Waals surface area contributed by atoms with Crippen LogP contribution in [0.1, 0.15) is 101 Å². The van der Waals surface area contributed by atoms with Crippen LogP contribution >= 0.6 is 11.6 Å². The first-order valence-corrected chi connectivity index (χ1v) is 11.5. The second-order valence-corrected chi connectivity index (χ2v) is 9.86. The lowest BCUT2D eigenvalue weighted by Gasteiger charge is -2.24. The van der Waals surface area contributed by atoms with Crippen molar-refractivity contribution in [1.82, 2.24) is 9.55 Å². The lowest BCUT2D eigenvalue weighted by atomic mass is 9.87. The van der Waals surface area contributed by atoms with Gasteiger partial charge in [-0.25, -0.2) is 4.98 Å². The second kappa shape index (κ2) is 8.98. The van der Waals surface area contributed by atoms with Crippen LogP contribution in [0.2, 0.25) is 5.15 Å². The summed E-state index contributed by atoms with van der Waals surface area (Å²) in [7, 11) is 0. The van der Waals surface area contributed by atoms with Gasteiger partial charge in [0.15, 0.2) is 0 Å². The minimum Gasteiger partial charge on any atom is -0.298 e. The molecule has 0 saturated carbocycles. The van der Waals surface area contributed by atoms with Crippen molar-refractivity contribution in [2.24, 2.45) is 0 Å². The summed E-state index contributed by atoms with van der Waals surface area (Å²) in [5.41, 5.74) is 7.73. The number of benzene rings is 2. The first-order valence-electron chi connectivity index (χ1n) is 11.1. The van der Waals surface area contributed by atoms with Crippen molar-refractivity contribution in [3.05, 3.63) is 70.0 Å². The first kappa shape index (κ1) is 22.6. The molecule has 0 atom stereocenters. The molecule has 0 aliphatic carbocycles. The first-order chi connectivity index (χ1) is 14.1. The summed E-state index contributed by atoms with van der Waals surface area (Å²) in [6, 6.07) is 13.3. The van der Waals surface area contributed by atoms with E-state index < -0.39 is 0 Å². The van der Waals surface area contributed by atoms with Crippen LogP contribution in [-0.4, -0.2) is 9.55 Å². The molecule has 2 nitrogen and oxygen atoms in total. The van der Waals surface area contributed by atoms with E-state index in [4.69, 9.17) is 16.6 Å². The van der Waals surface area contributed by atoms with Crippen molar-refractivity contribution < 1.29 is 0 Å². The van der Waals surface area contributed by atoms with Crippen LogP contribution < -0.4 is 0 Å². The number of hydrogen-bond donors (Lipinski definition) is 0. The minimum atomic E-state index is 0.396. The third-order valence-corrected chi connectivity index (χ3v) is 6.04. The van der Waals surface area contributed by atoms with Gasteiger partial charge in [0.1, 0.15) is 11.0 Å². The molecule has 3 rings (SSSR count). The van der Waals surface area contributed by atoms with E-state index in [1.165, 1.54) is 33.5 Å². The molecular formula is C27H35ClN2. The molecule has 0 unspecified atom stereocenters. The van der Waals surface area contributed by atoms with Gasteiger partial charge in [-0.1, -0.05) is 103 Å². The molecular weight excluding hydrogens is 388 g/mol. The molecule has 3 heteroatoms. The molecule has 0 spiro atoms. The van der Waals surface area contributed by atoms with E-state index in [1.54, 1.807) is 0 Å². The molecule has 30 heavy (non-hydrogen) atoms. The lowest BCUT2D eigenvalue weighted by molar-refractivity contribution is 0.801. The van der Waals surface area contributed by atoms with E-state index in [9.17, 15) is 0 Å². The molecule has 0 fully saturated rings. The summed E-state index contributed by atoms with van der Waals surface area (Å²) >= 11 is 6.56. The Balaban J connectivity index is 2.43. The fourth-order valence-electron chi connectivity index (χ4n) is 4.30. The molecule has 160 valence electrons. The van der Waals surface area contributed by atoms with Gasteiger partial charge in [-0.3, -0.25) is 4.57 Å². The van der Waals surface area contributed by atoms with Crippen molar-refractivity contribution in [3.63, 3.8) is 0 Å². The Morgan fingerprint density at radius 3 is 1.47 bits per heavy atom. The van der Waals surface area contributed by atoms with Crippen LogP contribution in [0.15, 0.2) is 42.6 Å². The minimum absolute atomic E-state index is 0.396. The van der Waals surface area contributed by atoms with E-state index in [2.05, 4.69) is 96.4 Å². The van der Waals surface area contributed by atoms with E-state index >= 15 is 0 Å². The predicted molar refractivity (Wildman–Crippen MR) is 130 cm³/mol. The summed E-state index contributed by atoms with van der Waals surface area (Å²) in [5, 5.41) is 0.534. The van der Waals surface area contributed by atoms with Crippen molar-refractivity contribution >= 4 is 11.6 Å². The van der Waals surface area contributed by atoms with Crippen molar-refractivity contribution in [1.29, 1.82) is 0 Å². The lowest BCUT2D eigenvalue weighted by Crippen LogP contribution is -2.10. The van der Waals surface area contributed by atoms with Crippen LogP contribution in [0.5, 0.6) is 0 Å². The topological polar surface area (TPSA) is 17.8 Å². The van der Waals surface area contributed by atoms with Gasteiger partial charge in [-0.2, -0.15) is 0 Å². The molecule has 0 aliphatic heterocycles. The Kier molecular flexibility index (Phi) is 6.77. The van der Waals surface area contributed by atoms with Crippen molar-refractivity contribution in [2.75, 3.05) is 0 Å². The average molecular weight is 423 g/mol. The number of hydrogen-bond acceptors (Lipinski definition) is 1. The molecule has 0 bridgehead atoms. The second-order valence-electron chi connectivity index (χ2n) is 9.47. The fraction of sp³-hybridized carbons (Fsp3) is 0.444. The van der Waals surface area contributed by atoms with Crippen LogP contribution in [-0.2, 0) is 0 Å². The van der Waals surface area contributed by atoms with E-state index in [1.807, 2.05) is 6.20 Å². The van der Waals surface area contributed by atoms with Gasteiger partial charge in [0.2, 0.25) is 0 Å². The molecule has 0 aliphatic rings. The molecule has 0 saturated heterocycles. The summed E-state index contributed by atoms with van der Waals surface area (Å²) in [6.07, 6.45) is 1.99. The molecule has 2 aromatic carbocycles. The van der Waals surface area contributed by atoms with Crippen LogP contribution in [0.25, 0.3) is 17.1 Å². The third-order valence-electron chi connectivity index (χ3n) is 5.86. The Morgan fingerprint density at radius 2 is 1.07 bits per heavy atom. The Labute approximate surface area is 187 Å². The summed E-state index contributed by atoms with van der Waals surface area (Å²) in [5.74, 6) is 2.54. The maximum absolute atomic E-state index is 6.56. The maximum atomic E-state index is 6.56. The zero-order valence-electron chi connectivity index (χ0n) is 19.6. The van der Waals surface area contributed by atoms with Crippen molar-refractivity contribution in [3.8, 4) is 17.1 Å². The highest BCUT2D eigenvalue weighted by molar-refractivity contribution is 6.29. The number of halogens is 1. The van der Waals surface area contributed by atoms with Crippen molar-refractivity contribution in [2.45, 2.75) is 79.1 Å². The smallest absolute Gasteiger partial charge is 0.148 e. The number of imidazole rings is 1. The number of nitrogens with zero attached hydrogens (tertiary/aromatic N) is 2. The Morgan fingerprint density at radius 1 is 0.667 bits per heavy atom. The highest BCUT2D eigenvalue weighted by Crippen LogP contribution is 2.40. The predicted octanol–water partition coefficient (Wildman–Crippen LogP) is 8.69. The highest BCUT2D eigenvalue weighted by Gasteiger charge is 2.24. The average Bonchev–Trinajstić information content (AvgIpc) is 3.07. The van der Waals surface area contributed by atoms with Gasteiger partial charge >= 0.3 is 0 Å². The van der Waals surface area contributed by atoms with E-state index in [-0.39, 0.29) is 0 Å². The van der Waals surface area contributed by atoms with Crippen LogP contribution in [0.3, 0.4) is 0 Å². The van der Waals surface area contributed by atoms with Crippen LogP contribution in [0, 0.1) is 0 Å². The fourth-order valence-corrected chi connectivity index (χ4v) is 4.48. The summed E-state index contributed by atoms with van der Waals surface area (Å²) in [4.78, 5) is 4.87. The summed E-state index contributed by atoms with van der Waals surface area (Å²) in [6.45, 7) is 18.0. The molecule has 1 aromatic heterocycles. The molecule has 0 radical (unpaired) electrons. The van der Waals surface area contributed by atoms with Gasteiger partial charge in [-0.05, 0) is 45.9 Å². The number of aromatic nitrogens is 2. The third kappa shape index (κ3) is 4.21.